The molecule has 0 atom stereocenters. The van der Waals surface area contributed by atoms with E-state index in [9.17, 15) is 0 Å². The molecule has 32 heavy (non-hydrogen) atoms. The highest BCUT2D eigenvalue weighted by atomic mass is 15.3. The van der Waals surface area contributed by atoms with Gasteiger partial charge in [0.1, 0.15) is 0 Å². The molecule has 5 nitrogen and oxygen atoms in total. The van der Waals surface area contributed by atoms with Gasteiger partial charge in [-0.05, 0) is 67.1 Å². The number of anilines is 1. The zero-order chi connectivity index (χ0) is 21.3. The Hall–Kier alpha value is -3.18. The third kappa shape index (κ3) is 4.00. The van der Waals surface area contributed by atoms with Gasteiger partial charge < -0.3 is 4.90 Å². The van der Waals surface area contributed by atoms with Crippen LogP contribution in [0.3, 0.4) is 0 Å². The predicted molar refractivity (Wildman–Crippen MR) is 129 cm³/mol. The average Bonchev–Trinajstić information content (AvgIpc) is 3.63. The van der Waals surface area contributed by atoms with Crippen molar-refractivity contribution in [3.05, 3.63) is 84.3 Å². The van der Waals surface area contributed by atoms with Crippen LogP contribution in [-0.2, 0) is 6.54 Å². The number of fused-ring (bicyclic) bond motifs is 1. The number of hydrogen-bond acceptors (Lipinski definition) is 4. The van der Waals surface area contributed by atoms with Gasteiger partial charge in [0, 0.05) is 50.5 Å². The summed E-state index contributed by atoms with van der Waals surface area (Å²) < 4.78 is 1.97. The predicted octanol–water partition coefficient (Wildman–Crippen LogP) is 5.01. The second-order valence-electron chi connectivity index (χ2n) is 9.09. The lowest BCUT2D eigenvalue weighted by molar-refractivity contribution is 0.281. The third-order valence-electron chi connectivity index (χ3n) is 6.74. The fraction of sp³-hybridized carbons (Fsp3) is 0.333. The van der Waals surface area contributed by atoms with Crippen molar-refractivity contribution in [3.8, 4) is 5.69 Å². The number of benzene rings is 2. The minimum absolute atomic E-state index is 0.751. The van der Waals surface area contributed by atoms with Crippen LogP contribution in [0.4, 0.5) is 5.69 Å². The summed E-state index contributed by atoms with van der Waals surface area (Å²) in [6.07, 6.45) is 7.80. The second kappa shape index (κ2) is 8.40. The van der Waals surface area contributed by atoms with E-state index in [0.717, 1.165) is 62.0 Å². The number of hydrogen-bond donors (Lipinski definition) is 0. The van der Waals surface area contributed by atoms with Gasteiger partial charge in [-0.3, -0.25) is 9.88 Å². The average molecular weight is 424 g/mol. The van der Waals surface area contributed by atoms with E-state index in [1.807, 2.05) is 16.9 Å². The Morgan fingerprint density at radius 1 is 0.875 bits per heavy atom. The maximum absolute atomic E-state index is 4.81. The van der Waals surface area contributed by atoms with Crippen molar-refractivity contribution in [1.29, 1.82) is 0 Å². The number of rotatable bonds is 5. The highest BCUT2D eigenvalue weighted by Crippen LogP contribution is 2.43. The van der Waals surface area contributed by atoms with Crippen molar-refractivity contribution < 1.29 is 0 Å². The van der Waals surface area contributed by atoms with Crippen LogP contribution in [0.2, 0.25) is 0 Å². The SMILES string of the molecule is c1ccc(-n2ccc(CN3CCCN(c4cc(C5CC5)cc5cccnc45)CC3)n2)cc1. The van der Waals surface area contributed by atoms with E-state index in [2.05, 4.69) is 70.6 Å². The molecule has 2 aliphatic rings. The van der Waals surface area contributed by atoms with Gasteiger partial charge in [0.2, 0.25) is 0 Å². The molecule has 0 bridgehead atoms. The van der Waals surface area contributed by atoms with Gasteiger partial charge in [-0.25, -0.2) is 4.68 Å². The Kier molecular flexibility index (Phi) is 5.12. The number of para-hydroxylation sites is 1. The first-order valence-electron chi connectivity index (χ1n) is 11.8. The van der Waals surface area contributed by atoms with Crippen LogP contribution >= 0.6 is 0 Å². The molecule has 4 aromatic rings. The third-order valence-corrected chi connectivity index (χ3v) is 6.74. The van der Waals surface area contributed by atoms with Crippen molar-refractivity contribution >= 4 is 16.6 Å². The smallest absolute Gasteiger partial charge is 0.0935 e. The largest absolute Gasteiger partial charge is 0.368 e. The maximum atomic E-state index is 4.81. The Labute approximate surface area is 189 Å². The molecule has 1 aliphatic carbocycles. The standard InChI is InChI=1S/C27H29N5/c1-2-7-25(8-3-1)32-15-11-24(29-32)20-30-13-5-14-31(17-16-30)26-19-23(21-9-10-21)18-22-6-4-12-28-27(22)26/h1-4,6-8,11-12,15,18-19,21H,5,9-10,13-14,16-17,20H2. The van der Waals surface area contributed by atoms with E-state index in [1.54, 1.807) is 0 Å². The summed E-state index contributed by atoms with van der Waals surface area (Å²) in [5, 5.41) is 6.09. The molecule has 3 heterocycles. The molecule has 2 aromatic carbocycles. The topological polar surface area (TPSA) is 37.2 Å². The first-order chi connectivity index (χ1) is 15.8. The van der Waals surface area contributed by atoms with Crippen LogP contribution in [0.5, 0.6) is 0 Å². The second-order valence-corrected chi connectivity index (χ2v) is 9.09. The van der Waals surface area contributed by atoms with Crippen LogP contribution in [0.15, 0.2) is 73.1 Å². The molecular weight excluding hydrogens is 394 g/mol. The quantitative estimate of drug-likeness (QED) is 0.452. The van der Waals surface area contributed by atoms with Gasteiger partial charge >= 0.3 is 0 Å². The van der Waals surface area contributed by atoms with Crippen molar-refractivity contribution in [2.24, 2.45) is 0 Å². The summed E-state index contributed by atoms with van der Waals surface area (Å²) in [6, 6.07) is 21.5. The maximum Gasteiger partial charge on any atom is 0.0935 e. The molecule has 1 aliphatic heterocycles. The normalized spacial score (nSPS) is 17.6. The monoisotopic (exact) mass is 423 g/mol. The van der Waals surface area contributed by atoms with Crippen LogP contribution in [0, 0.1) is 0 Å². The van der Waals surface area contributed by atoms with Crippen molar-refractivity contribution in [3.63, 3.8) is 0 Å². The zero-order valence-electron chi connectivity index (χ0n) is 18.4. The van der Waals surface area contributed by atoms with E-state index in [1.165, 1.54) is 29.5 Å². The van der Waals surface area contributed by atoms with Crippen molar-refractivity contribution in [2.75, 3.05) is 31.1 Å². The van der Waals surface area contributed by atoms with E-state index in [-0.39, 0.29) is 0 Å². The van der Waals surface area contributed by atoms with E-state index in [0.29, 0.717) is 0 Å². The summed E-state index contributed by atoms with van der Waals surface area (Å²) in [7, 11) is 0. The molecule has 5 heteroatoms. The number of pyridine rings is 1. The highest BCUT2D eigenvalue weighted by molar-refractivity contribution is 5.91. The van der Waals surface area contributed by atoms with Crippen LogP contribution in [0.1, 0.15) is 36.4 Å². The molecule has 0 unspecified atom stereocenters. The Balaban J connectivity index is 1.18. The first-order valence-corrected chi connectivity index (χ1v) is 11.8. The molecule has 0 amide bonds. The van der Waals surface area contributed by atoms with Gasteiger partial charge in [-0.2, -0.15) is 5.10 Å². The molecule has 0 N–H and O–H groups in total. The van der Waals surface area contributed by atoms with Crippen LogP contribution in [0.25, 0.3) is 16.6 Å². The van der Waals surface area contributed by atoms with Gasteiger partial charge in [-0.1, -0.05) is 24.3 Å². The summed E-state index contributed by atoms with van der Waals surface area (Å²) in [5.41, 5.74) is 6.20. The summed E-state index contributed by atoms with van der Waals surface area (Å²) in [5.74, 6) is 0.751. The van der Waals surface area contributed by atoms with Gasteiger partial charge in [0.05, 0.1) is 22.6 Å². The molecule has 1 saturated carbocycles. The molecule has 162 valence electrons. The first kappa shape index (κ1) is 19.5. The van der Waals surface area contributed by atoms with E-state index in [4.69, 9.17) is 10.1 Å². The fourth-order valence-corrected chi connectivity index (χ4v) is 4.86. The van der Waals surface area contributed by atoms with Gasteiger partial charge in [0.25, 0.3) is 0 Å². The molecule has 0 spiro atoms. The lowest BCUT2D eigenvalue weighted by atomic mass is 10.0. The lowest BCUT2D eigenvalue weighted by Gasteiger charge is -2.25. The van der Waals surface area contributed by atoms with E-state index >= 15 is 0 Å². The Morgan fingerprint density at radius 3 is 2.66 bits per heavy atom. The molecule has 0 radical (unpaired) electrons. The van der Waals surface area contributed by atoms with Gasteiger partial charge in [-0.15, -0.1) is 0 Å². The van der Waals surface area contributed by atoms with Crippen molar-refractivity contribution in [1.82, 2.24) is 19.7 Å². The Bertz CT molecular complexity index is 1210. The summed E-state index contributed by atoms with van der Waals surface area (Å²) >= 11 is 0. The van der Waals surface area contributed by atoms with Crippen molar-refractivity contribution in [2.45, 2.75) is 31.7 Å². The minimum atomic E-state index is 0.751. The molecule has 6 rings (SSSR count). The van der Waals surface area contributed by atoms with Crippen LogP contribution in [-0.4, -0.2) is 45.8 Å². The van der Waals surface area contributed by atoms with Crippen LogP contribution < -0.4 is 4.90 Å². The summed E-state index contributed by atoms with van der Waals surface area (Å²) in [6.45, 7) is 5.14. The lowest BCUT2D eigenvalue weighted by Crippen LogP contribution is -2.30. The number of nitrogens with zero attached hydrogens (tertiary/aromatic N) is 5. The van der Waals surface area contributed by atoms with Gasteiger partial charge in [0.15, 0.2) is 0 Å². The Morgan fingerprint density at radius 2 is 1.78 bits per heavy atom. The molecule has 2 fully saturated rings. The molecule has 1 saturated heterocycles. The highest BCUT2D eigenvalue weighted by Gasteiger charge is 2.26. The van der Waals surface area contributed by atoms with E-state index < -0.39 is 0 Å². The fourth-order valence-electron chi connectivity index (χ4n) is 4.86. The number of aromatic nitrogens is 3. The molecule has 2 aromatic heterocycles. The molecular formula is C27H29N5. The summed E-state index contributed by atoms with van der Waals surface area (Å²) in [4.78, 5) is 9.86. The minimum Gasteiger partial charge on any atom is -0.368 e. The zero-order valence-corrected chi connectivity index (χ0v) is 18.4.